The van der Waals surface area contributed by atoms with E-state index in [-0.39, 0.29) is 11.9 Å². The van der Waals surface area contributed by atoms with E-state index in [2.05, 4.69) is 25.6 Å². The molecule has 1 amide bonds. The Morgan fingerprint density at radius 3 is 2.83 bits per heavy atom. The van der Waals surface area contributed by atoms with Crippen molar-refractivity contribution in [3.05, 3.63) is 41.5 Å². The molecule has 0 spiro atoms. The highest BCUT2D eigenvalue weighted by Crippen LogP contribution is 2.31. The van der Waals surface area contributed by atoms with Crippen molar-refractivity contribution in [2.45, 2.75) is 31.7 Å². The molecular formula is C19H23N7O3. The third-order valence-electron chi connectivity index (χ3n) is 4.96. The van der Waals surface area contributed by atoms with Gasteiger partial charge in [0.25, 0.3) is 5.91 Å². The topological polar surface area (TPSA) is 112 Å². The van der Waals surface area contributed by atoms with Gasteiger partial charge in [0.05, 0.1) is 13.7 Å². The lowest BCUT2D eigenvalue weighted by Crippen LogP contribution is -2.38. The van der Waals surface area contributed by atoms with Crippen molar-refractivity contribution in [2.75, 3.05) is 20.3 Å². The molecule has 10 heteroatoms. The summed E-state index contributed by atoms with van der Waals surface area (Å²) in [4.78, 5) is 20.9. The number of carbonyl (C=O) groups excluding carboxylic acids is 1. The number of carbonyl (C=O) groups is 1. The van der Waals surface area contributed by atoms with Crippen molar-refractivity contribution in [3.63, 3.8) is 0 Å². The highest BCUT2D eigenvalue weighted by molar-refractivity contribution is 5.95. The lowest BCUT2D eigenvalue weighted by atomic mass is 10.00. The van der Waals surface area contributed by atoms with E-state index < -0.39 is 0 Å². The molecule has 1 atom stereocenters. The number of likely N-dealkylation sites (tertiary alicyclic amines) is 1. The Hall–Kier alpha value is -3.14. The van der Waals surface area contributed by atoms with Crippen molar-refractivity contribution in [3.8, 4) is 11.4 Å². The number of nitrogens with zero attached hydrogens (tertiary/aromatic N) is 7. The maximum atomic E-state index is 13.2. The number of aromatic nitrogens is 6. The van der Waals surface area contributed by atoms with Crippen molar-refractivity contribution in [1.29, 1.82) is 0 Å². The van der Waals surface area contributed by atoms with E-state index in [4.69, 9.17) is 9.26 Å². The highest BCUT2D eigenvalue weighted by atomic mass is 16.5. The number of piperidine rings is 1. The summed E-state index contributed by atoms with van der Waals surface area (Å²) in [7, 11) is 3.34. The third-order valence-corrected chi connectivity index (χ3v) is 4.96. The molecule has 4 rings (SSSR count). The van der Waals surface area contributed by atoms with Gasteiger partial charge in [0.15, 0.2) is 5.82 Å². The molecular weight excluding hydrogens is 374 g/mol. The minimum atomic E-state index is -0.207. The maximum absolute atomic E-state index is 13.2. The number of rotatable bonds is 6. The van der Waals surface area contributed by atoms with E-state index in [0.717, 1.165) is 24.8 Å². The zero-order valence-corrected chi connectivity index (χ0v) is 16.5. The molecule has 152 valence electrons. The smallest absolute Gasteiger partial charge is 0.254 e. The normalized spacial score (nSPS) is 16.9. The van der Waals surface area contributed by atoms with Gasteiger partial charge in [-0.25, -0.2) is 0 Å². The largest absolute Gasteiger partial charge is 0.384 e. The summed E-state index contributed by atoms with van der Waals surface area (Å²) in [6, 6.07) is 7.04. The van der Waals surface area contributed by atoms with Crippen LogP contribution in [0.15, 0.2) is 28.8 Å². The maximum Gasteiger partial charge on any atom is 0.254 e. The molecule has 0 saturated carbocycles. The molecule has 0 N–H and O–H groups in total. The minimum Gasteiger partial charge on any atom is -0.384 e. The Balaban J connectivity index is 1.52. The fourth-order valence-corrected chi connectivity index (χ4v) is 3.46. The summed E-state index contributed by atoms with van der Waals surface area (Å²) in [5.74, 6) is 1.56. The highest BCUT2D eigenvalue weighted by Gasteiger charge is 2.32. The molecule has 1 aliphatic heterocycles. The van der Waals surface area contributed by atoms with Gasteiger partial charge < -0.3 is 14.2 Å². The molecule has 3 heterocycles. The fraction of sp³-hybridized carbons (Fsp3) is 0.474. The van der Waals surface area contributed by atoms with Gasteiger partial charge in [0, 0.05) is 31.2 Å². The summed E-state index contributed by atoms with van der Waals surface area (Å²) in [5, 5.41) is 16.0. The van der Waals surface area contributed by atoms with Crippen LogP contribution >= 0.6 is 0 Å². The molecule has 2 aromatic heterocycles. The fourth-order valence-electron chi connectivity index (χ4n) is 3.46. The van der Waals surface area contributed by atoms with E-state index in [1.165, 1.54) is 4.80 Å². The molecule has 0 aliphatic carbocycles. The molecule has 1 aromatic carbocycles. The van der Waals surface area contributed by atoms with Gasteiger partial charge in [-0.2, -0.15) is 9.78 Å². The Bertz CT molecular complexity index is 966. The standard InChI is InChI=1S/C19H23N7O3/c1-25-22-17(21-24-25)13-6-8-14(9-7-13)19(27)26-11-4-3-5-15(26)18-20-16(23-29-18)10-12-28-2/h6-9,15H,3-5,10-12H2,1-2H3. The molecule has 0 bridgehead atoms. The third kappa shape index (κ3) is 4.16. The molecule has 1 saturated heterocycles. The van der Waals surface area contributed by atoms with Crippen LogP contribution in [-0.2, 0) is 18.2 Å². The van der Waals surface area contributed by atoms with Crippen LogP contribution in [-0.4, -0.2) is 61.4 Å². The van der Waals surface area contributed by atoms with Crippen LogP contribution in [0.25, 0.3) is 11.4 Å². The van der Waals surface area contributed by atoms with E-state index >= 15 is 0 Å². The number of amides is 1. The van der Waals surface area contributed by atoms with Gasteiger partial charge in [0.2, 0.25) is 11.7 Å². The second-order valence-corrected chi connectivity index (χ2v) is 6.98. The summed E-state index contributed by atoms with van der Waals surface area (Å²) in [6.07, 6.45) is 3.35. The Morgan fingerprint density at radius 1 is 1.28 bits per heavy atom. The SMILES string of the molecule is COCCc1noc(C2CCCCN2C(=O)c2ccc(-c3nnn(C)n3)cc2)n1. The Morgan fingerprint density at radius 2 is 2.10 bits per heavy atom. The second-order valence-electron chi connectivity index (χ2n) is 6.98. The van der Waals surface area contributed by atoms with Gasteiger partial charge in [-0.05, 0) is 36.6 Å². The van der Waals surface area contributed by atoms with Crippen molar-refractivity contribution in [2.24, 2.45) is 7.05 Å². The van der Waals surface area contributed by atoms with Crippen LogP contribution < -0.4 is 0 Å². The molecule has 0 radical (unpaired) electrons. The van der Waals surface area contributed by atoms with E-state index in [1.807, 2.05) is 17.0 Å². The summed E-state index contributed by atoms with van der Waals surface area (Å²) < 4.78 is 10.5. The molecule has 1 fully saturated rings. The van der Waals surface area contributed by atoms with Gasteiger partial charge in [-0.1, -0.05) is 17.3 Å². The number of hydrogen-bond acceptors (Lipinski definition) is 8. The quantitative estimate of drug-likeness (QED) is 0.619. The van der Waals surface area contributed by atoms with E-state index in [0.29, 0.717) is 42.7 Å². The van der Waals surface area contributed by atoms with Crippen molar-refractivity contribution in [1.82, 2.24) is 35.2 Å². The van der Waals surface area contributed by atoms with Crippen LogP contribution in [0, 0.1) is 0 Å². The second kappa shape index (κ2) is 8.48. The van der Waals surface area contributed by atoms with Gasteiger partial charge in [0.1, 0.15) is 6.04 Å². The van der Waals surface area contributed by atoms with Gasteiger partial charge >= 0.3 is 0 Å². The van der Waals surface area contributed by atoms with E-state index in [9.17, 15) is 4.79 Å². The molecule has 1 aliphatic rings. The average molecular weight is 397 g/mol. The average Bonchev–Trinajstić information content (AvgIpc) is 3.41. The summed E-state index contributed by atoms with van der Waals surface area (Å²) in [5.41, 5.74) is 1.41. The number of ether oxygens (including phenoxy) is 1. The number of methoxy groups -OCH3 is 1. The zero-order chi connectivity index (χ0) is 20.2. The molecule has 3 aromatic rings. The molecule has 1 unspecified atom stereocenters. The van der Waals surface area contributed by atoms with Crippen LogP contribution in [0.1, 0.15) is 47.4 Å². The number of hydrogen-bond donors (Lipinski definition) is 0. The van der Waals surface area contributed by atoms with Crippen molar-refractivity contribution < 1.29 is 14.1 Å². The molecule has 29 heavy (non-hydrogen) atoms. The molecule has 10 nitrogen and oxygen atoms in total. The predicted octanol–water partition coefficient (Wildman–Crippen LogP) is 1.82. The Kier molecular flexibility index (Phi) is 5.61. The number of aryl methyl sites for hydroxylation is 1. The van der Waals surface area contributed by atoms with Gasteiger partial charge in [-0.15, -0.1) is 10.2 Å². The Labute approximate surface area is 167 Å². The lowest BCUT2D eigenvalue weighted by Gasteiger charge is -2.33. The van der Waals surface area contributed by atoms with Crippen molar-refractivity contribution >= 4 is 5.91 Å². The first-order valence-corrected chi connectivity index (χ1v) is 9.62. The first-order valence-electron chi connectivity index (χ1n) is 9.62. The number of benzene rings is 1. The van der Waals surface area contributed by atoms with Crippen LogP contribution in [0.5, 0.6) is 0 Å². The van der Waals surface area contributed by atoms with E-state index in [1.54, 1.807) is 26.3 Å². The number of tetrazole rings is 1. The monoisotopic (exact) mass is 397 g/mol. The van der Waals surface area contributed by atoms with Crippen LogP contribution in [0.3, 0.4) is 0 Å². The lowest BCUT2D eigenvalue weighted by molar-refractivity contribution is 0.0561. The first kappa shape index (κ1) is 19.2. The predicted molar refractivity (Wildman–Crippen MR) is 102 cm³/mol. The zero-order valence-electron chi connectivity index (χ0n) is 16.5. The van der Waals surface area contributed by atoms with Crippen LogP contribution in [0.4, 0.5) is 0 Å². The summed E-state index contributed by atoms with van der Waals surface area (Å²) in [6.45, 7) is 1.19. The minimum absolute atomic E-state index is 0.0509. The van der Waals surface area contributed by atoms with Gasteiger partial charge in [-0.3, -0.25) is 4.79 Å². The first-order chi connectivity index (χ1) is 14.2. The summed E-state index contributed by atoms with van der Waals surface area (Å²) >= 11 is 0. The van der Waals surface area contributed by atoms with Crippen LogP contribution in [0.2, 0.25) is 0 Å².